The van der Waals surface area contributed by atoms with Gasteiger partial charge in [0.15, 0.2) is 0 Å². The molecule has 0 atom stereocenters. The van der Waals surface area contributed by atoms with Crippen LogP contribution in [-0.4, -0.2) is 39.5 Å². The molecular weight excluding hydrogens is 214 g/mol. The number of hydrogen-bond donors (Lipinski definition) is 1. The van der Waals surface area contributed by atoms with Crippen LogP contribution in [0.25, 0.3) is 0 Å². The number of rotatable bonds is 13. The summed E-state index contributed by atoms with van der Waals surface area (Å²) in [6.45, 7) is 12.1. The molecule has 0 aliphatic carbocycles. The fraction of sp³-hybridized carbons (Fsp3) is 1.00. The van der Waals surface area contributed by atoms with Gasteiger partial charge in [-0.15, -0.1) is 0 Å². The SMILES string of the molecule is CCCCOCCOCCCCNCC(C)C. The van der Waals surface area contributed by atoms with E-state index in [1.807, 2.05) is 0 Å². The van der Waals surface area contributed by atoms with Crippen molar-refractivity contribution in [3.05, 3.63) is 0 Å². The topological polar surface area (TPSA) is 30.5 Å². The van der Waals surface area contributed by atoms with Crippen molar-refractivity contribution >= 4 is 0 Å². The average Bonchev–Trinajstić information content (AvgIpc) is 2.30. The van der Waals surface area contributed by atoms with Crippen LogP contribution in [0.15, 0.2) is 0 Å². The molecule has 104 valence electrons. The summed E-state index contributed by atoms with van der Waals surface area (Å²) in [5.74, 6) is 0.742. The summed E-state index contributed by atoms with van der Waals surface area (Å²) in [6, 6.07) is 0. The first-order chi connectivity index (χ1) is 8.27. The van der Waals surface area contributed by atoms with Crippen molar-refractivity contribution in [2.75, 3.05) is 39.5 Å². The Balaban J connectivity index is 2.89. The van der Waals surface area contributed by atoms with Crippen LogP contribution in [0.1, 0.15) is 46.5 Å². The van der Waals surface area contributed by atoms with E-state index in [1.54, 1.807) is 0 Å². The van der Waals surface area contributed by atoms with Crippen molar-refractivity contribution in [2.45, 2.75) is 46.5 Å². The molecular formula is C14H31NO2. The van der Waals surface area contributed by atoms with E-state index in [4.69, 9.17) is 9.47 Å². The van der Waals surface area contributed by atoms with Crippen LogP contribution >= 0.6 is 0 Å². The molecule has 0 fully saturated rings. The van der Waals surface area contributed by atoms with Crippen molar-refractivity contribution in [1.29, 1.82) is 0 Å². The monoisotopic (exact) mass is 245 g/mol. The highest BCUT2D eigenvalue weighted by atomic mass is 16.5. The highest BCUT2D eigenvalue weighted by Gasteiger charge is 1.93. The van der Waals surface area contributed by atoms with Crippen LogP contribution in [-0.2, 0) is 9.47 Å². The third kappa shape index (κ3) is 15.9. The quantitative estimate of drug-likeness (QED) is 0.506. The number of hydrogen-bond acceptors (Lipinski definition) is 3. The van der Waals surface area contributed by atoms with Crippen molar-refractivity contribution in [3.8, 4) is 0 Å². The van der Waals surface area contributed by atoms with Gasteiger partial charge in [0.05, 0.1) is 13.2 Å². The fourth-order valence-corrected chi connectivity index (χ4v) is 1.41. The van der Waals surface area contributed by atoms with Crippen LogP contribution in [0.4, 0.5) is 0 Å². The zero-order valence-electron chi connectivity index (χ0n) is 12.0. The van der Waals surface area contributed by atoms with Crippen molar-refractivity contribution < 1.29 is 9.47 Å². The summed E-state index contributed by atoms with van der Waals surface area (Å²) >= 11 is 0. The normalized spacial score (nSPS) is 11.3. The van der Waals surface area contributed by atoms with E-state index < -0.39 is 0 Å². The standard InChI is InChI=1S/C14H31NO2/c1-4-5-9-16-11-12-17-10-7-6-8-15-13-14(2)3/h14-15H,4-13H2,1-3H3. The van der Waals surface area contributed by atoms with Crippen molar-refractivity contribution in [2.24, 2.45) is 5.92 Å². The zero-order chi connectivity index (χ0) is 12.8. The molecule has 0 aromatic rings. The molecule has 0 bridgehead atoms. The van der Waals surface area contributed by atoms with Gasteiger partial charge in [0.1, 0.15) is 0 Å². The fourth-order valence-electron chi connectivity index (χ4n) is 1.41. The number of nitrogens with one attached hydrogen (secondary N) is 1. The average molecular weight is 245 g/mol. The number of unbranched alkanes of at least 4 members (excludes halogenated alkanes) is 2. The van der Waals surface area contributed by atoms with Crippen LogP contribution in [0, 0.1) is 5.92 Å². The maximum Gasteiger partial charge on any atom is 0.0700 e. The van der Waals surface area contributed by atoms with Crippen LogP contribution in [0.3, 0.4) is 0 Å². The molecule has 0 aromatic heterocycles. The maximum absolute atomic E-state index is 5.49. The van der Waals surface area contributed by atoms with Gasteiger partial charge >= 0.3 is 0 Å². The molecule has 0 saturated carbocycles. The van der Waals surface area contributed by atoms with Gasteiger partial charge < -0.3 is 14.8 Å². The van der Waals surface area contributed by atoms with Gasteiger partial charge in [0.25, 0.3) is 0 Å². The molecule has 0 aliphatic heterocycles. The molecule has 0 unspecified atom stereocenters. The Kier molecular flexibility index (Phi) is 13.8. The maximum atomic E-state index is 5.49. The Labute approximate surface area is 107 Å². The van der Waals surface area contributed by atoms with E-state index in [0.29, 0.717) is 0 Å². The molecule has 0 saturated heterocycles. The van der Waals surface area contributed by atoms with E-state index >= 15 is 0 Å². The molecule has 17 heavy (non-hydrogen) atoms. The Morgan fingerprint density at radius 1 is 0.882 bits per heavy atom. The number of ether oxygens (including phenoxy) is 2. The van der Waals surface area contributed by atoms with Crippen LogP contribution in [0.2, 0.25) is 0 Å². The predicted molar refractivity (Wildman–Crippen MR) is 73.5 cm³/mol. The van der Waals surface area contributed by atoms with E-state index in [9.17, 15) is 0 Å². The molecule has 1 N–H and O–H groups in total. The molecule has 0 rings (SSSR count). The largest absolute Gasteiger partial charge is 0.379 e. The minimum Gasteiger partial charge on any atom is -0.379 e. The van der Waals surface area contributed by atoms with Crippen LogP contribution in [0.5, 0.6) is 0 Å². The first-order valence-electron chi connectivity index (χ1n) is 7.13. The second-order valence-corrected chi connectivity index (χ2v) is 4.88. The summed E-state index contributed by atoms with van der Waals surface area (Å²) in [5, 5.41) is 3.43. The molecule has 0 heterocycles. The van der Waals surface area contributed by atoms with Gasteiger partial charge in [0, 0.05) is 13.2 Å². The summed E-state index contributed by atoms with van der Waals surface area (Å²) in [4.78, 5) is 0. The first kappa shape index (κ1) is 16.9. The molecule has 3 nitrogen and oxygen atoms in total. The van der Waals surface area contributed by atoms with Gasteiger partial charge in [-0.1, -0.05) is 27.2 Å². The minimum absolute atomic E-state index is 0.739. The molecule has 0 aromatic carbocycles. The van der Waals surface area contributed by atoms with Gasteiger partial charge in [-0.2, -0.15) is 0 Å². The van der Waals surface area contributed by atoms with Gasteiger partial charge in [0.2, 0.25) is 0 Å². The summed E-state index contributed by atoms with van der Waals surface area (Å²) in [6.07, 6.45) is 4.69. The lowest BCUT2D eigenvalue weighted by Crippen LogP contribution is -2.21. The predicted octanol–water partition coefficient (Wildman–Crippen LogP) is 2.85. The molecule has 0 amide bonds. The van der Waals surface area contributed by atoms with Gasteiger partial charge in [-0.25, -0.2) is 0 Å². The highest BCUT2D eigenvalue weighted by molar-refractivity contribution is 4.51. The Bertz CT molecular complexity index is 140. The second kappa shape index (κ2) is 13.9. The van der Waals surface area contributed by atoms with Gasteiger partial charge in [-0.05, 0) is 38.3 Å². The lowest BCUT2D eigenvalue weighted by atomic mass is 10.2. The van der Waals surface area contributed by atoms with E-state index in [1.165, 1.54) is 12.8 Å². The highest BCUT2D eigenvalue weighted by Crippen LogP contribution is 1.92. The zero-order valence-corrected chi connectivity index (χ0v) is 12.0. The molecule has 0 radical (unpaired) electrons. The van der Waals surface area contributed by atoms with E-state index in [2.05, 4.69) is 26.1 Å². The first-order valence-corrected chi connectivity index (χ1v) is 7.13. The van der Waals surface area contributed by atoms with Gasteiger partial charge in [-0.3, -0.25) is 0 Å². The van der Waals surface area contributed by atoms with E-state index in [-0.39, 0.29) is 0 Å². The Morgan fingerprint density at radius 3 is 2.12 bits per heavy atom. The molecule has 3 heteroatoms. The summed E-state index contributed by atoms with van der Waals surface area (Å²) in [7, 11) is 0. The summed E-state index contributed by atoms with van der Waals surface area (Å²) < 4.78 is 10.9. The molecule has 0 aliphatic rings. The van der Waals surface area contributed by atoms with Crippen molar-refractivity contribution in [1.82, 2.24) is 5.32 Å². The van der Waals surface area contributed by atoms with E-state index in [0.717, 1.165) is 58.3 Å². The van der Waals surface area contributed by atoms with Crippen molar-refractivity contribution in [3.63, 3.8) is 0 Å². The smallest absolute Gasteiger partial charge is 0.0700 e. The van der Waals surface area contributed by atoms with Crippen LogP contribution < -0.4 is 5.32 Å². The second-order valence-electron chi connectivity index (χ2n) is 4.88. The Morgan fingerprint density at radius 2 is 1.53 bits per heavy atom. The summed E-state index contributed by atoms with van der Waals surface area (Å²) in [5.41, 5.74) is 0. The third-order valence-electron chi connectivity index (χ3n) is 2.46. The lowest BCUT2D eigenvalue weighted by Gasteiger charge is -2.07. The molecule has 0 spiro atoms. The Hall–Kier alpha value is -0.120. The minimum atomic E-state index is 0.739. The third-order valence-corrected chi connectivity index (χ3v) is 2.46. The lowest BCUT2D eigenvalue weighted by molar-refractivity contribution is 0.0454.